The minimum absolute atomic E-state index is 0.268. The zero-order chi connectivity index (χ0) is 27.4. The molecule has 38 heavy (non-hydrogen) atoms. The lowest BCUT2D eigenvalue weighted by Crippen LogP contribution is -2.40. The molecular weight excluding hydrogens is 572 g/mol. The third kappa shape index (κ3) is 5.28. The van der Waals surface area contributed by atoms with Crippen LogP contribution in [0.1, 0.15) is 44.4 Å². The van der Waals surface area contributed by atoms with Crippen LogP contribution in [-0.2, 0) is 9.53 Å². The number of carbonyl (C=O) groups excluding carboxylic acids is 1. The van der Waals surface area contributed by atoms with Crippen molar-refractivity contribution in [1.29, 1.82) is 0 Å². The lowest BCUT2D eigenvalue weighted by molar-refractivity contribution is -0.136. The standard InChI is InChI=1S/C28H29BrN2O6S/c1-6-13-37-25-18(9-8-10-21(25)34-4)24-23(27(33)35-5)16(3)30-28-31(24)26(32)22(38-28)15-17-11-12-20(36-7-2)19(29)14-17/h8-12,14-15,24H,6-7,13H2,1-5H3/b22-15-/t24-/m1/s1. The number of carbonyl (C=O) groups is 1. The number of nitrogens with zero attached hydrogens (tertiary/aromatic N) is 2. The van der Waals surface area contributed by atoms with Gasteiger partial charge in [0, 0.05) is 5.56 Å². The molecule has 2 heterocycles. The number of hydrogen-bond acceptors (Lipinski definition) is 8. The molecule has 4 rings (SSSR count). The van der Waals surface area contributed by atoms with E-state index in [2.05, 4.69) is 20.9 Å². The van der Waals surface area contributed by atoms with Gasteiger partial charge in [-0.05, 0) is 66.0 Å². The zero-order valence-electron chi connectivity index (χ0n) is 21.9. The maximum atomic E-state index is 13.9. The van der Waals surface area contributed by atoms with Crippen LogP contribution in [0.4, 0.5) is 0 Å². The predicted octanol–water partition coefficient (Wildman–Crippen LogP) is 4.37. The van der Waals surface area contributed by atoms with Crippen LogP contribution in [-0.4, -0.2) is 38.0 Å². The number of benzene rings is 2. The summed E-state index contributed by atoms with van der Waals surface area (Å²) in [6.45, 7) is 6.65. The fraction of sp³-hybridized carbons (Fsp3) is 0.321. The number of rotatable bonds is 9. The highest BCUT2D eigenvalue weighted by Crippen LogP contribution is 2.40. The molecule has 0 amide bonds. The minimum atomic E-state index is -0.810. The smallest absolute Gasteiger partial charge is 0.338 e. The van der Waals surface area contributed by atoms with E-state index in [-0.39, 0.29) is 11.1 Å². The fourth-order valence-corrected chi connectivity index (χ4v) is 5.84. The second-order valence-corrected chi connectivity index (χ2v) is 10.3. The average Bonchev–Trinajstić information content (AvgIpc) is 3.21. The van der Waals surface area contributed by atoms with Crippen molar-refractivity contribution in [1.82, 2.24) is 4.57 Å². The number of esters is 1. The number of halogens is 1. The SMILES string of the molecule is CCCOc1c(OC)cccc1[C@@H]1C(C(=O)OC)=C(C)N=c2s/c(=C\c3ccc(OCC)c(Br)c3)c(=O)n21. The maximum absolute atomic E-state index is 13.9. The predicted molar refractivity (Wildman–Crippen MR) is 150 cm³/mol. The molecule has 1 atom stereocenters. The zero-order valence-corrected chi connectivity index (χ0v) is 24.3. The first-order valence-corrected chi connectivity index (χ1v) is 13.8. The molecule has 0 spiro atoms. The van der Waals surface area contributed by atoms with Crippen LogP contribution in [0.3, 0.4) is 0 Å². The first-order chi connectivity index (χ1) is 18.3. The number of fused-ring (bicyclic) bond motifs is 1. The van der Waals surface area contributed by atoms with E-state index in [4.69, 9.17) is 18.9 Å². The van der Waals surface area contributed by atoms with Crippen molar-refractivity contribution in [3.63, 3.8) is 0 Å². The monoisotopic (exact) mass is 600 g/mol. The van der Waals surface area contributed by atoms with Gasteiger partial charge in [-0.2, -0.15) is 0 Å². The van der Waals surface area contributed by atoms with Crippen molar-refractivity contribution in [2.24, 2.45) is 4.99 Å². The molecule has 0 N–H and O–H groups in total. The van der Waals surface area contributed by atoms with E-state index in [9.17, 15) is 9.59 Å². The Hall–Kier alpha value is -3.37. The van der Waals surface area contributed by atoms with Crippen molar-refractivity contribution in [2.45, 2.75) is 33.2 Å². The van der Waals surface area contributed by atoms with Gasteiger partial charge in [0.2, 0.25) is 0 Å². The molecular formula is C28H29BrN2O6S. The Morgan fingerprint density at radius 2 is 1.95 bits per heavy atom. The molecule has 2 aromatic carbocycles. The van der Waals surface area contributed by atoms with E-state index in [1.165, 1.54) is 23.0 Å². The Morgan fingerprint density at radius 3 is 2.61 bits per heavy atom. The summed E-state index contributed by atoms with van der Waals surface area (Å²) in [7, 11) is 2.87. The van der Waals surface area contributed by atoms with Crippen molar-refractivity contribution in [2.75, 3.05) is 27.4 Å². The first-order valence-electron chi connectivity index (χ1n) is 12.2. The van der Waals surface area contributed by atoms with Crippen LogP contribution in [0.15, 0.2) is 61.9 Å². The molecule has 3 aromatic rings. The van der Waals surface area contributed by atoms with E-state index in [0.29, 0.717) is 45.3 Å². The summed E-state index contributed by atoms with van der Waals surface area (Å²) >= 11 is 4.79. The third-order valence-corrected chi connectivity index (χ3v) is 7.56. The van der Waals surface area contributed by atoms with E-state index < -0.39 is 12.0 Å². The molecule has 1 aliphatic heterocycles. The Labute approximate surface area is 233 Å². The highest BCUT2D eigenvalue weighted by molar-refractivity contribution is 9.10. The number of thiazole rings is 1. The summed E-state index contributed by atoms with van der Waals surface area (Å²) in [5.74, 6) is 1.14. The van der Waals surface area contributed by atoms with Crippen molar-refractivity contribution < 1.29 is 23.7 Å². The molecule has 10 heteroatoms. The molecule has 1 aromatic heterocycles. The van der Waals surface area contributed by atoms with E-state index in [1.807, 2.05) is 44.2 Å². The van der Waals surface area contributed by atoms with Crippen LogP contribution < -0.4 is 29.1 Å². The van der Waals surface area contributed by atoms with Gasteiger partial charge in [-0.15, -0.1) is 0 Å². The van der Waals surface area contributed by atoms with Gasteiger partial charge < -0.3 is 18.9 Å². The Morgan fingerprint density at radius 1 is 1.16 bits per heavy atom. The van der Waals surface area contributed by atoms with Crippen LogP contribution >= 0.6 is 27.3 Å². The molecule has 0 unspecified atom stereocenters. The first kappa shape index (κ1) is 27.7. The van der Waals surface area contributed by atoms with Crippen LogP contribution in [0.25, 0.3) is 6.08 Å². The van der Waals surface area contributed by atoms with Crippen LogP contribution in [0, 0.1) is 0 Å². The summed E-state index contributed by atoms with van der Waals surface area (Å²) < 4.78 is 25.2. The van der Waals surface area contributed by atoms with E-state index >= 15 is 0 Å². The second-order valence-electron chi connectivity index (χ2n) is 8.42. The Balaban J connectivity index is 1.96. The second kappa shape index (κ2) is 12.0. The number of allylic oxidation sites excluding steroid dienone is 1. The third-order valence-electron chi connectivity index (χ3n) is 5.95. The summed E-state index contributed by atoms with van der Waals surface area (Å²) in [5, 5.41) is 0. The average molecular weight is 602 g/mol. The minimum Gasteiger partial charge on any atom is -0.493 e. The fourth-order valence-electron chi connectivity index (χ4n) is 4.29. The molecule has 0 fully saturated rings. The van der Waals surface area contributed by atoms with Crippen molar-refractivity contribution in [3.8, 4) is 17.2 Å². The Bertz CT molecular complexity index is 1570. The molecule has 8 nitrogen and oxygen atoms in total. The molecule has 0 saturated heterocycles. The number of aromatic nitrogens is 1. The summed E-state index contributed by atoms with van der Waals surface area (Å²) in [6.07, 6.45) is 2.58. The highest BCUT2D eigenvalue weighted by atomic mass is 79.9. The summed E-state index contributed by atoms with van der Waals surface area (Å²) in [6, 6.07) is 10.3. The van der Waals surface area contributed by atoms with E-state index in [1.54, 1.807) is 26.2 Å². The van der Waals surface area contributed by atoms with Gasteiger partial charge in [-0.1, -0.05) is 36.5 Å². The van der Waals surface area contributed by atoms with Crippen LogP contribution in [0.2, 0.25) is 0 Å². The lowest BCUT2D eigenvalue weighted by Gasteiger charge is -2.26. The summed E-state index contributed by atoms with van der Waals surface area (Å²) in [5.41, 5.74) is 1.90. The van der Waals surface area contributed by atoms with Gasteiger partial charge in [0.15, 0.2) is 16.3 Å². The van der Waals surface area contributed by atoms with Crippen molar-refractivity contribution >= 4 is 39.3 Å². The van der Waals surface area contributed by atoms with Crippen LogP contribution in [0.5, 0.6) is 17.2 Å². The summed E-state index contributed by atoms with van der Waals surface area (Å²) in [4.78, 5) is 32.0. The van der Waals surface area contributed by atoms with Gasteiger partial charge in [0.05, 0.1) is 47.7 Å². The molecule has 1 aliphatic rings. The molecule has 0 bridgehead atoms. The lowest BCUT2D eigenvalue weighted by atomic mass is 9.94. The number of para-hydroxylation sites is 1. The maximum Gasteiger partial charge on any atom is 0.338 e. The highest BCUT2D eigenvalue weighted by Gasteiger charge is 2.35. The Kier molecular flexibility index (Phi) is 8.73. The van der Waals surface area contributed by atoms with Gasteiger partial charge in [0.1, 0.15) is 11.8 Å². The molecule has 0 radical (unpaired) electrons. The number of ether oxygens (including phenoxy) is 4. The number of methoxy groups -OCH3 is 2. The van der Waals surface area contributed by atoms with Gasteiger partial charge in [-0.25, -0.2) is 9.79 Å². The van der Waals surface area contributed by atoms with E-state index in [0.717, 1.165) is 22.2 Å². The van der Waals surface area contributed by atoms with Crippen molar-refractivity contribution in [3.05, 3.63) is 83.0 Å². The molecule has 0 saturated carbocycles. The van der Waals surface area contributed by atoms with Gasteiger partial charge in [0.25, 0.3) is 5.56 Å². The van der Waals surface area contributed by atoms with Gasteiger partial charge in [-0.3, -0.25) is 9.36 Å². The quantitative estimate of drug-likeness (QED) is 0.339. The number of hydrogen-bond donors (Lipinski definition) is 0. The van der Waals surface area contributed by atoms with Gasteiger partial charge >= 0.3 is 5.97 Å². The topological polar surface area (TPSA) is 88.4 Å². The molecule has 0 aliphatic carbocycles. The molecule has 200 valence electrons. The normalized spacial score (nSPS) is 15.1. The largest absolute Gasteiger partial charge is 0.493 e.